The normalized spacial score (nSPS) is 10.3. The lowest BCUT2D eigenvalue weighted by molar-refractivity contribution is 0.103. The summed E-state index contributed by atoms with van der Waals surface area (Å²) in [6, 6.07) is 8.84. The molecule has 0 amide bonds. The largest absolute Gasteiger partial charge is 0.289 e. The lowest BCUT2D eigenvalue weighted by atomic mass is 10.1. The third kappa shape index (κ3) is 2.59. The van der Waals surface area contributed by atoms with Gasteiger partial charge >= 0.3 is 0 Å². The van der Waals surface area contributed by atoms with Crippen LogP contribution in [0.25, 0.3) is 0 Å². The minimum atomic E-state index is 0.0471. The van der Waals surface area contributed by atoms with Crippen molar-refractivity contribution >= 4 is 51.3 Å². The Bertz CT molecular complexity index is 490. The zero-order valence-electron chi connectivity index (χ0n) is 7.54. The van der Waals surface area contributed by atoms with Crippen molar-refractivity contribution in [3.63, 3.8) is 0 Å². The van der Waals surface area contributed by atoms with Gasteiger partial charge in [-0.2, -0.15) is 0 Å². The van der Waals surface area contributed by atoms with Gasteiger partial charge in [-0.05, 0) is 52.9 Å². The van der Waals surface area contributed by atoms with Crippen LogP contribution in [0.2, 0.25) is 5.02 Å². The van der Waals surface area contributed by atoms with E-state index in [-0.39, 0.29) is 5.78 Å². The Morgan fingerprint density at radius 1 is 1.20 bits per heavy atom. The second-order valence-corrected chi connectivity index (χ2v) is 6.22. The van der Waals surface area contributed by atoms with Crippen molar-refractivity contribution in [3.05, 3.63) is 54.7 Å². The second kappa shape index (κ2) is 4.63. The lowest BCUT2D eigenvalue weighted by Crippen LogP contribution is -1.98. The fraction of sp³-hybridized carbons (Fsp3) is 0. The average molecular weight is 349 g/mol. The highest BCUT2D eigenvalue weighted by Gasteiger charge is 2.10. The zero-order chi connectivity index (χ0) is 10.8. The highest BCUT2D eigenvalue weighted by Crippen LogP contribution is 2.20. The third-order valence-electron chi connectivity index (χ3n) is 1.94. The van der Waals surface area contributed by atoms with Crippen molar-refractivity contribution in [2.75, 3.05) is 0 Å². The topological polar surface area (TPSA) is 17.1 Å². The smallest absolute Gasteiger partial charge is 0.193 e. The molecule has 2 rings (SSSR count). The van der Waals surface area contributed by atoms with Gasteiger partial charge in [0, 0.05) is 21.5 Å². The maximum Gasteiger partial charge on any atom is 0.193 e. The van der Waals surface area contributed by atoms with Crippen LogP contribution in [0.1, 0.15) is 15.9 Å². The van der Waals surface area contributed by atoms with Gasteiger partial charge in [0.1, 0.15) is 0 Å². The van der Waals surface area contributed by atoms with Gasteiger partial charge in [0.05, 0.1) is 2.88 Å². The molecule has 0 aliphatic carbocycles. The average Bonchev–Trinajstić information content (AvgIpc) is 2.65. The van der Waals surface area contributed by atoms with Crippen LogP contribution >= 0.6 is 45.5 Å². The SMILES string of the molecule is O=C(c1ccc(Cl)cc1)c1csc(I)c1. The van der Waals surface area contributed by atoms with Crippen molar-refractivity contribution in [3.8, 4) is 0 Å². The standard InChI is InChI=1S/C11H6ClIOS/c12-9-3-1-7(2-4-9)11(14)8-5-10(13)15-6-8/h1-6H. The van der Waals surface area contributed by atoms with E-state index in [0.717, 1.165) is 8.45 Å². The van der Waals surface area contributed by atoms with Crippen molar-refractivity contribution < 1.29 is 4.79 Å². The Morgan fingerprint density at radius 3 is 2.40 bits per heavy atom. The summed E-state index contributed by atoms with van der Waals surface area (Å²) in [5.74, 6) is 0.0471. The molecule has 1 nitrogen and oxygen atoms in total. The Kier molecular flexibility index (Phi) is 3.43. The molecule has 0 aliphatic rings. The van der Waals surface area contributed by atoms with Crippen LogP contribution in [0.5, 0.6) is 0 Å². The molecule has 1 aromatic carbocycles. The van der Waals surface area contributed by atoms with Gasteiger partial charge < -0.3 is 0 Å². The van der Waals surface area contributed by atoms with Crippen LogP contribution in [0.4, 0.5) is 0 Å². The van der Waals surface area contributed by atoms with Crippen LogP contribution in [0, 0.1) is 2.88 Å². The molecule has 2 aromatic rings. The molecule has 0 saturated carbocycles. The number of carbonyl (C=O) groups is 1. The summed E-state index contributed by atoms with van der Waals surface area (Å²) in [6.45, 7) is 0. The molecule has 1 aromatic heterocycles. The summed E-state index contributed by atoms with van der Waals surface area (Å²) in [5, 5.41) is 2.52. The van der Waals surface area contributed by atoms with Gasteiger partial charge in [0.15, 0.2) is 5.78 Å². The Balaban J connectivity index is 2.32. The van der Waals surface area contributed by atoms with E-state index in [1.807, 2.05) is 11.4 Å². The molecule has 0 aliphatic heterocycles. The predicted octanol–water partition coefficient (Wildman–Crippen LogP) is 4.24. The summed E-state index contributed by atoms with van der Waals surface area (Å²) in [4.78, 5) is 11.9. The lowest BCUT2D eigenvalue weighted by Gasteiger charge is -1.97. The molecule has 15 heavy (non-hydrogen) atoms. The third-order valence-corrected chi connectivity index (χ3v) is 3.98. The fourth-order valence-corrected chi connectivity index (χ4v) is 2.65. The Hall–Kier alpha value is -0.390. The van der Waals surface area contributed by atoms with E-state index < -0.39 is 0 Å². The van der Waals surface area contributed by atoms with E-state index in [9.17, 15) is 4.79 Å². The van der Waals surface area contributed by atoms with Crippen LogP contribution in [-0.4, -0.2) is 5.78 Å². The van der Waals surface area contributed by atoms with Gasteiger partial charge in [0.2, 0.25) is 0 Å². The van der Waals surface area contributed by atoms with Gasteiger partial charge in [-0.15, -0.1) is 11.3 Å². The molecule has 76 valence electrons. The number of rotatable bonds is 2. The first-order valence-electron chi connectivity index (χ1n) is 4.21. The number of carbonyl (C=O) groups excluding carboxylic acids is 1. The predicted molar refractivity (Wildman–Crippen MR) is 71.9 cm³/mol. The quantitative estimate of drug-likeness (QED) is 0.586. The summed E-state index contributed by atoms with van der Waals surface area (Å²) in [7, 11) is 0. The minimum absolute atomic E-state index is 0.0471. The summed E-state index contributed by atoms with van der Waals surface area (Å²) >= 11 is 9.53. The molecule has 0 bridgehead atoms. The molecule has 0 radical (unpaired) electrons. The first-order valence-corrected chi connectivity index (χ1v) is 6.55. The highest BCUT2D eigenvalue weighted by molar-refractivity contribution is 14.1. The number of thiophene rings is 1. The summed E-state index contributed by atoms with van der Waals surface area (Å²) in [6.07, 6.45) is 0. The first-order chi connectivity index (χ1) is 7.16. The van der Waals surface area contributed by atoms with Crippen molar-refractivity contribution in [1.82, 2.24) is 0 Å². The molecule has 4 heteroatoms. The van der Waals surface area contributed by atoms with Crippen molar-refractivity contribution in [2.24, 2.45) is 0 Å². The maximum absolute atomic E-state index is 11.9. The van der Waals surface area contributed by atoms with Crippen LogP contribution in [0.3, 0.4) is 0 Å². The number of ketones is 1. The molecule has 0 unspecified atom stereocenters. The van der Waals surface area contributed by atoms with E-state index in [0.29, 0.717) is 10.6 Å². The number of benzene rings is 1. The molecule has 0 N–H and O–H groups in total. The fourth-order valence-electron chi connectivity index (χ4n) is 1.20. The minimum Gasteiger partial charge on any atom is -0.289 e. The molecule has 0 atom stereocenters. The number of hydrogen-bond acceptors (Lipinski definition) is 2. The van der Waals surface area contributed by atoms with Crippen molar-refractivity contribution in [1.29, 1.82) is 0 Å². The van der Waals surface area contributed by atoms with Crippen LogP contribution in [-0.2, 0) is 0 Å². The maximum atomic E-state index is 11.9. The van der Waals surface area contributed by atoms with E-state index in [1.165, 1.54) is 0 Å². The molecular formula is C11H6ClIOS. The number of halogens is 2. The molecule has 1 heterocycles. The van der Waals surface area contributed by atoms with Crippen LogP contribution < -0.4 is 0 Å². The first kappa shape index (κ1) is 11.1. The Labute approximate surface area is 110 Å². The van der Waals surface area contributed by atoms with Gasteiger partial charge in [-0.25, -0.2) is 0 Å². The van der Waals surface area contributed by atoms with E-state index in [2.05, 4.69) is 22.6 Å². The monoisotopic (exact) mass is 348 g/mol. The van der Waals surface area contributed by atoms with Crippen LogP contribution in [0.15, 0.2) is 35.7 Å². The van der Waals surface area contributed by atoms with Crippen molar-refractivity contribution in [2.45, 2.75) is 0 Å². The summed E-state index contributed by atoms with van der Waals surface area (Å²) < 4.78 is 1.12. The molecule has 0 saturated heterocycles. The highest BCUT2D eigenvalue weighted by atomic mass is 127. The van der Waals surface area contributed by atoms with E-state index in [1.54, 1.807) is 35.6 Å². The van der Waals surface area contributed by atoms with E-state index in [4.69, 9.17) is 11.6 Å². The molecule has 0 spiro atoms. The van der Waals surface area contributed by atoms with Gasteiger partial charge in [-0.3, -0.25) is 4.79 Å². The second-order valence-electron chi connectivity index (χ2n) is 2.98. The molecular weight excluding hydrogens is 343 g/mol. The Morgan fingerprint density at radius 2 is 1.87 bits per heavy atom. The zero-order valence-corrected chi connectivity index (χ0v) is 11.3. The van der Waals surface area contributed by atoms with Gasteiger partial charge in [-0.1, -0.05) is 11.6 Å². The number of hydrogen-bond donors (Lipinski definition) is 0. The van der Waals surface area contributed by atoms with E-state index >= 15 is 0 Å². The van der Waals surface area contributed by atoms with Gasteiger partial charge in [0.25, 0.3) is 0 Å². The molecule has 0 fully saturated rings. The summed E-state index contributed by atoms with van der Waals surface area (Å²) in [5.41, 5.74) is 1.42.